The highest BCUT2D eigenvalue weighted by Gasteiger charge is 2.29. The molecule has 2 rings (SSSR count). The molecule has 2 N–H and O–H groups in total. The van der Waals surface area contributed by atoms with Crippen molar-refractivity contribution >= 4 is 23.3 Å². The number of aliphatic carboxylic acids is 1. The smallest absolute Gasteiger partial charge is 0.323 e. The van der Waals surface area contributed by atoms with Crippen molar-refractivity contribution in [3.8, 4) is 0 Å². The van der Waals surface area contributed by atoms with Crippen LogP contribution in [0.3, 0.4) is 0 Å². The van der Waals surface area contributed by atoms with Crippen molar-refractivity contribution < 1.29 is 14.7 Å². The van der Waals surface area contributed by atoms with Gasteiger partial charge in [0.15, 0.2) is 0 Å². The molecule has 0 bridgehead atoms. The first-order valence-electron chi connectivity index (χ1n) is 6.76. The van der Waals surface area contributed by atoms with E-state index in [-0.39, 0.29) is 18.6 Å². The number of thiazole rings is 1. The molecule has 6 nitrogen and oxygen atoms in total. The van der Waals surface area contributed by atoms with E-state index in [1.165, 1.54) is 16.2 Å². The molecule has 0 aromatic carbocycles. The predicted molar refractivity (Wildman–Crippen MR) is 75.6 cm³/mol. The van der Waals surface area contributed by atoms with Gasteiger partial charge in [-0.3, -0.25) is 4.79 Å². The number of rotatable bonds is 7. The number of nitrogens with zero attached hydrogens (tertiary/aromatic N) is 2. The van der Waals surface area contributed by atoms with Gasteiger partial charge in [0.25, 0.3) is 0 Å². The van der Waals surface area contributed by atoms with Gasteiger partial charge in [0.1, 0.15) is 11.6 Å². The lowest BCUT2D eigenvalue weighted by Gasteiger charge is -2.24. The van der Waals surface area contributed by atoms with Gasteiger partial charge in [-0.15, -0.1) is 11.3 Å². The molecule has 1 unspecified atom stereocenters. The number of urea groups is 1. The molecule has 2 amide bonds. The van der Waals surface area contributed by atoms with Gasteiger partial charge in [0.2, 0.25) is 0 Å². The number of carboxylic acid groups (broad SMARTS) is 1. The Morgan fingerprint density at radius 1 is 1.60 bits per heavy atom. The van der Waals surface area contributed by atoms with Crippen LogP contribution in [0, 0.1) is 5.92 Å². The van der Waals surface area contributed by atoms with E-state index in [0.717, 1.165) is 24.3 Å². The first-order chi connectivity index (χ1) is 9.60. The SMILES string of the molecule is CCC(NC(=O)N(CC(=O)O)CC1CC1)c1nccs1. The van der Waals surface area contributed by atoms with Gasteiger partial charge in [-0.25, -0.2) is 9.78 Å². The summed E-state index contributed by atoms with van der Waals surface area (Å²) in [4.78, 5) is 28.7. The molecule has 0 aliphatic heterocycles. The van der Waals surface area contributed by atoms with Crippen molar-refractivity contribution in [3.63, 3.8) is 0 Å². The third-order valence-electron chi connectivity index (χ3n) is 3.24. The zero-order chi connectivity index (χ0) is 14.5. The molecule has 0 saturated heterocycles. The van der Waals surface area contributed by atoms with Gasteiger partial charge in [0, 0.05) is 18.1 Å². The molecule has 20 heavy (non-hydrogen) atoms. The van der Waals surface area contributed by atoms with E-state index < -0.39 is 5.97 Å². The zero-order valence-corrected chi connectivity index (χ0v) is 12.2. The van der Waals surface area contributed by atoms with Crippen LogP contribution in [0.4, 0.5) is 4.79 Å². The largest absolute Gasteiger partial charge is 0.480 e. The number of hydrogen-bond donors (Lipinski definition) is 2. The third kappa shape index (κ3) is 4.19. The lowest BCUT2D eigenvalue weighted by Crippen LogP contribution is -2.45. The molecule has 1 aromatic rings. The summed E-state index contributed by atoms with van der Waals surface area (Å²) in [6, 6.07) is -0.473. The fourth-order valence-corrected chi connectivity index (χ4v) is 2.75. The van der Waals surface area contributed by atoms with Crippen LogP contribution in [0.1, 0.15) is 37.2 Å². The Bertz CT molecular complexity index is 459. The minimum atomic E-state index is -0.983. The quantitative estimate of drug-likeness (QED) is 0.807. The summed E-state index contributed by atoms with van der Waals surface area (Å²) in [5, 5.41) is 14.5. The average Bonchev–Trinajstić information content (AvgIpc) is 3.05. The molecular weight excluding hydrogens is 278 g/mol. The number of hydrogen-bond acceptors (Lipinski definition) is 4. The Morgan fingerprint density at radius 3 is 2.85 bits per heavy atom. The van der Waals surface area contributed by atoms with Crippen LogP contribution in [0.25, 0.3) is 0 Å². The van der Waals surface area contributed by atoms with Crippen LogP contribution in [0.5, 0.6) is 0 Å². The molecular formula is C13H19N3O3S. The summed E-state index contributed by atoms with van der Waals surface area (Å²) < 4.78 is 0. The fourth-order valence-electron chi connectivity index (χ4n) is 1.98. The molecule has 1 aliphatic rings. The van der Waals surface area contributed by atoms with Crippen LogP contribution in [0.15, 0.2) is 11.6 Å². The zero-order valence-electron chi connectivity index (χ0n) is 11.4. The number of carboxylic acids is 1. The number of carbonyl (C=O) groups is 2. The maximum Gasteiger partial charge on any atom is 0.323 e. The number of nitrogens with one attached hydrogen (secondary N) is 1. The molecule has 1 aliphatic carbocycles. The third-order valence-corrected chi connectivity index (χ3v) is 4.13. The first-order valence-corrected chi connectivity index (χ1v) is 7.64. The van der Waals surface area contributed by atoms with Crippen molar-refractivity contribution in [3.05, 3.63) is 16.6 Å². The number of aromatic nitrogens is 1. The van der Waals surface area contributed by atoms with Crippen molar-refractivity contribution in [2.45, 2.75) is 32.2 Å². The summed E-state index contributed by atoms with van der Waals surface area (Å²) in [6.07, 6.45) is 4.58. The van der Waals surface area contributed by atoms with Crippen LogP contribution in [-0.4, -0.2) is 40.1 Å². The topological polar surface area (TPSA) is 82.5 Å². The predicted octanol–water partition coefficient (Wildman–Crippen LogP) is 2.10. The summed E-state index contributed by atoms with van der Waals surface area (Å²) in [7, 11) is 0. The Morgan fingerprint density at radius 2 is 2.35 bits per heavy atom. The van der Waals surface area contributed by atoms with E-state index in [2.05, 4.69) is 10.3 Å². The van der Waals surface area contributed by atoms with Crippen molar-refractivity contribution in [2.24, 2.45) is 5.92 Å². The highest BCUT2D eigenvalue weighted by molar-refractivity contribution is 7.09. The van der Waals surface area contributed by atoms with Gasteiger partial charge in [-0.05, 0) is 25.2 Å². The molecule has 1 atom stereocenters. The van der Waals surface area contributed by atoms with Gasteiger partial charge in [-0.2, -0.15) is 0 Å². The highest BCUT2D eigenvalue weighted by Crippen LogP contribution is 2.30. The lowest BCUT2D eigenvalue weighted by atomic mass is 10.2. The normalized spacial score (nSPS) is 15.7. The lowest BCUT2D eigenvalue weighted by molar-refractivity contribution is -0.137. The standard InChI is InChI=1S/C13H19N3O3S/c1-2-10(12-14-5-6-20-12)15-13(19)16(8-11(17)18)7-9-3-4-9/h5-6,9-10H,2-4,7-8H2,1H3,(H,15,19)(H,17,18). The fraction of sp³-hybridized carbons (Fsp3) is 0.615. The van der Waals surface area contributed by atoms with Crippen molar-refractivity contribution in [2.75, 3.05) is 13.1 Å². The van der Waals surface area contributed by atoms with E-state index >= 15 is 0 Å². The van der Waals surface area contributed by atoms with Gasteiger partial charge < -0.3 is 15.3 Å². The van der Waals surface area contributed by atoms with Gasteiger partial charge in [0.05, 0.1) is 6.04 Å². The maximum absolute atomic E-state index is 12.2. The molecule has 1 aromatic heterocycles. The van der Waals surface area contributed by atoms with Crippen LogP contribution < -0.4 is 5.32 Å². The summed E-state index contributed by atoms with van der Waals surface area (Å²) in [5.74, 6) is -0.525. The summed E-state index contributed by atoms with van der Waals surface area (Å²) in [5.41, 5.74) is 0. The first kappa shape index (κ1) is 14.8. The monoisotopic (exact) mass is 297 g/mol. The second-order valence-corrected chi connectivity index (χ2v) is 5.92. The minimum Gasteiger partial charge on any atom is -0.480 e. The molecule has 0 radical (unpaired) electrons. The molecule has 1 heterocycles. The second-order valence-electron chi connectivity index (χ2n) is 5.00. The van der Waals surface area contributed by atoms with E-state index in [1.54, 1.807) is 6.20 Å². The molecule has 0 spiro atoms. The molecule has 110 valence electrons. The van der Waals surface area contributed by atoms with E-state index in [4.69, 9.17) is 5.11 Å². The number of carbonyl (C=O) groups excluding carboxylic acids is 1. The van der Waals surface area contributed by atoms with E-state index in [1.807, 2.05) is 12.3 Å². The Hall–Kier alpha value is -1.63. The van der Waals surface area contributed by atoms with Crippen LogP contribution >= 0.6 is 11.3 Å². The Kier molecular flexibility index (Phi) is 4.94. The average molecular weight is 297 g/mol. The van der Waals surface area contributed by atoms with E-state index in [9.17, 15) is 9.59 Å². The van der Waals surface area contributed by atoms with Crippen molar-refractivity contribution in [1.29, 1.82) is 0 Å². The Labute approximate surface area is 121 Å². The summed E-state index contributed by atoms with van der Waals surface area (Å²) in [6.45, 7) is 2.23. The van der Waals surface area contributed by atoms with Crippen LogP contribution in [0.2, 0.25) is 0 Å². The summed E-state index contributed by atoms with van der Waals surface area (Å²) >= 11 is 1.49. The van der Waals surface area contributed by atoms with Crippen molar-refractivity contribution in [1.82, 2.24) is 15.2 Å². The molecule has 1 saturated carbocycles. The highest BCUT2D eigenvalue weighted by atomic mass is 32.1. The minimum absolute atomic E-state index is 0.155. The van der Waals surface area contributed by atoms with E-state index in [0.29, 0.717) is 12.5 Å². The second kappa shape index (κ2) is 6.69. The van der Waals surface area contributed by atoms with Crippen LogP contribution in [-0.2, 0) is 4.79 Å². The molecule has 1 fully saturated rings. The van der Waals surface area contributed by atoms with Gasteiger partial charge in [-0.1, -0.05) is 6.92 Å². The molecule has 7 heteroatoms. The Balaban J connectivity index is 1.96. The maximum atomic E-state index is 12.2. The number of amides is 2. The van der Waals surface area contributed by atoms with Gasteiger partial charge >= 0.3 is 12.0 Å².